The molecule has 5 heteroatoms. The molecule has 1 atom stereocenters. The molecule has 6 aromatic carbocycles. The minimum atomic E-state index is 0.0701. The Bertz CT molecular complexity index is 3120. The van der Waals surface area contributed by atoms with Crippen LogP contribution in [0.1, 0.15) is 36.6 Å². The Morgan fingerprint density at radius 2 is 1.16 bits per heavy atom. The summed E-state index contributed by atoms with van der Waals surface area (Å²) in [4.78, 5) is 15.6. The Balaban J connectivity index is 1.12. The minimum absolute atomic E-state index is 0.0701. The number of allylic oxidation sites excluding steroid dienone is 8. The fourth-order valence-electron chi connectivity index (χ4n) is 8.67. The van der Waals surface area contributed by atoms with Crippen molar-refractivity contribution in [3.63, 3.8) is 0 Å². The van der Waals surface area contributed by atoms with Crippen LogP contribution < -0.4 is 0 Å². The van der Waals surface area contributed by atoms with Crippen LogP contribution in [-0.4, -0.2) is 24.1 Å². The van der Waals surface area contributed by atoms with Gasteiger partial charge in [0.15, 0.2) is 11.6 Å². The van der Waals surface area contributed by atoms with Crippen molar-refractivity contribution in [2.75, 3.05) is 0 Å². The minimum Gasteiger partial charge on any atom is -0.309 e. The largest absolute Gasteiger partial charge is 0.309 e. The van der Waals surface area contributed by atoms with Crippen molar-refractivity contribution in [3.8, 4) is 34.2 Å². The number of nitrogens with zero attached hydrogens (tertiary/aromatic N) is 5. The van der Waals surface area contributed by atoms with Crippen LogP contribution in [0.4, 0.5) is 0 Å². The number of rotatable bonds is 6. The number of hydrogen-bond donors (Lipinski definition) is 0. The quantitative estimate of drug-likeness (QED) is 0.172. The first-order valence-electron chi connectivity index (χ1n) is 19.5. The van der Waals surface area contributed by atoms with Crippen molar-refractivity contribution < 1.29 is 0 Å². The van der Waals surface area contributed by atoms with E-state index in [0.29, 0.717) is 11.6 Å². The summed E-state index contributed by atoms with van der Waals surface area (Å²) in [6, 6.07) is 50.1. The van der Waals surface area contributed by atoms with E-state index in [4.69, 9.17) is 15.0 Å². The monoisotopic (exact) mass is 719 g/mol. The van der Waals surface area contributed by atoms with E-state index in [-0.39, 0.29) is 5.92 Å². The van der Waals surface area contributed by atoms with E-state index >= 15 is 0 Å². The topological polar surface area (TPSA) is 48.5 Å². The Morgan fingerprint density at radius 1 is 0.482 bits per heavy atom. The van der Waals surface area contributed by atoms with Crippen LogP contribution in [0.3, 0.4) is 0 Å². The fraction of sp³-hybridized carbons (Fsp3) is 0.0784. The summed E-state index contributed by atoms with van der Waals surface area (Å²) >= 11 is 0. The van der Waals surface area contributed by atoms with Crippen LogP contribution >= 0.6 is 0 Å². The van der Waals surface area contributed by atoms with Crippen LogP contribution in [0.2, 0.25) is 0 Å². The first-order valence-corrected chi connectivity index (χ1v) is 19.5. The lowest BCUT2D eigenvalue weighted by Gasteiger charge is -2.17. The van der Waals surface area contributed by atoms with Crippen LogP contribution in [0.5, 0.6) is 0 Å². The molecule has 3 heterocycles. The third-order valence-electron chi connectivity index (χ3n) is 11.3. The molecule has 0 spiro atoms. The van der Waals surface area contributed by atoms with E-state index in [1.54, 1.807) is 0 Å². The predicted molar refractivity (Wildman–Crippen MR) is 231 cm³/mol. The van der Waals surface area contributed by atoms with Crippen LogP contribution in [0, 0.1) is 0 Å². The maximum atomic E-state index is 5.25. The molecule has 0 saturated heterocycles. The number of benzene rings is 6. The van der Waals surface area contributed by atoms with Gasteiger partial charge in [0.05, 0.1) is 22.1 Å². The van der Waals surface area contributed by atoms with Gasteiger partial charge in [0.2, 0.25) is 0 Å². The summed E-state index contributed by atoms with van der Waals surface area (Å²) in [5.74, 6) is 2.22. The Labute approximate surface area is 324 Å². The number of aromatic nitrogens is 5. The third-order valence-corrected chi connectivity index (χ3v) is 11.3. The molecular weight excluding hydrogens is 683 g/mol. The summed E-state index contributed by atoms with van der Waals surface area (Å²) in [5, 5.41) is 4.93. The molecule has 266 valence electrons. The number of hydrogen-bond acceptors (Lipinski definition) is 3. The SMILES string of the molecule is C1=CCC(c2nc(-c3cccc(-n4c5ccccc5c5cc6c7ccccc7n(-c7ccccc7)c6cc54)c3)nc(-c3ccccc3C3=CCCC=C3)n2)C=C1. The lowest BCUT2D eigenvalue weighted by atomic mass is 9.94. The van der Waals surface area contributed by atoms with Crippen LogP contribution in [0.15, 0.2) is 182 Å². The lowest BCUT2D eigenvalue weighted by Crippen LogP contribution is -2.08. The molecule has 2 aliphatic rings. The average molecular weight is 720 g/mol. The smallest absolute Gasteiger partial charge is 0.164 e. The molecule has 1 unspecified atom stereocenters. The van der Waals surface area contributed by atoms with E-state index in [1.165, 1.54) is 38.2 Å². The Kier molecular flexibility index (Phi) is 7.69. The van der Waals surface area contributed by atoms with Crippen molar-refractivity contribution in [3.05, 3.63) is 193 Å². The van der Waals surface area contributed by atoms with E-state index < -0.39 is 0 Å². The van der Waals surface area contributed by atoms with Gasteiger partial charge in [-0.1, -0.05) is 134 Å². The summed E-state index contributed by atoms with van der Waals surface area (Å²) in [7, 11) is 0. The van der Waals surface area contributed by atoms with Crippen molar-refractivity contribution in [2.24, 2.45) is 0 Å². The van der Waals surface area contributed by atoms with Crippen molar-refractivity contribution >= 4 is 49.2 Å². The normalized spacial score (nSPS) is 15.4. The van der Waals surface area contributed by atoms with E-state index in [0.717, 1.165) is 64.2 Å². The highest BCUT2D eigenvalue weighted by atomic mass is 15.0. The molecule has 11 rings (SSSR count). The third kappa shape index (κ3) is 5.35. The second kappa shape index (κ2) is 13.3. The highest BCUT2D eigenvalue weighted by Crippen LogP contribution is 2.40. The van der Waals surface area contributed by atoms with E-state index in [2.05, 4.69) is 191 Å². The second-order valence-electron chi connectivity index (χ2n) is 14.7. The Hall–Kier alpha value is -7.11. The number of fused-ring (bicyclic) bond motifs is 6. The van der Waals surface area contributed by atoms with Gasteiger partial charge in [-0.05, 0) is 78.9 Å². The predicted octanol–water partition coefficient (Wildman–Crippen LogP) is 12.7. The van der Waals surface area contributed by atoms with Crippen molar-refractivity contribution in [1.82, 2.24) is 24.1 Å². The molecular formula is C51H37N5. The van der Waals surface area contributed by atoms with Gasteiger partial charge in [-0.3, -0.25) is 0 Å². The lowest BCUT2D eigenvalue weighted by molar-refractivity contribution is 0.764. The highest BCUT2D eigenvalue weighted by molar-refractivity contribution is 6.19. The molecule has 0 radical (unpaired) electrons. The fourth-order valence-corrected chi connectivity index (χ4v) is 8.67. The first kappa shape index (κ1) is 32.3. The zero-order valence-corrected chi connectivity index (χ0v) is 30.8. The molecule has 0 saturated carbocycles. The van der Waals surface area contributed by atoms with E-state index in [1.807, 2.05) is 0 Å². The molecule has 0 amide bonds. The van der Waals surface area contributed by atoms with Crippen molar-refractivity contribution in [2.45, 2.75) is 25.2 Å². The molecule has 3 aromatic heterocycles. The standard InChI is InChI=1S/C51H37N5/c1-4-17-34(18-5-1)39-25-10-11-28-42(39)51-53-49(35-19-6-2-7-20-35)52-50(54-51)36-21-16-24-38(31-36)56-46-30-15-13-27-41(46)44-32-43-40-26-12-14-29-45(40)55(47(43)33-48(44)56)37-22-8-3-9-23-37/h2-4,6-19,21-33,35H,1,5,20H2. The molecule has 9 aromatic rings. The summed E-state index contributed by atoms with van der Waals surface area (Å²) in [6.07, 6.45) is 18.3. The average Bonchev–Trinajstić information content (AvgIpc) is 3.78. The van der Waals surface area contributed by atoms with Gasteiger partial charge in [0.1, 0.15) is 5.82 Å². The van der Waals surface area contributed by atoms with Crippen LogP contribution in [0.25, 0.3) is 83.3 Å². The van der Waals surface area contributed by atoms with Gasteiger partial charge in [-0.2, -0.15) is 0 Å². The molecule has 56 heavy (non-hydrogen) atoms. The van der Waals surface area contributed by atoms with Gasteiger partial charge in [0, 0.05) is 50.0 Å². The zero-order valence-electron chi connectivity index (χ0n) is 30.8. The first-order chi connectivity index (χ1) is 27.8. The second-order valence-corrected chi connectivity index (χ2v) is 14.7. The Morgan fingerprint density at radius 3 is 1.89 bits per heavy atom. The maximum absolute atomic E-state index is 5.25. The van der Waals surface area contributed by atoms with E-state index in [9.17, 15) is 0 Å². The molecule has 2 aliphatic carbocycles. The zero-order chi connectivity index (χ0) is 37.0. The van der Waals surface area contributed by atoms with Gasteiger partial charge in [-0.15, -0.1) is 0 Å². The number of para-hydroxylation sites is 3. The van der Waals surface area contributed by atoms with Crippen LogP contribution in [-0.2, 0) is 0 Å². The summed E-state index contributed by atoms with van der Waals surface area (Å²) in [6.45, 7) is 0. The van der Waals surface area contributed by atoms with Crippen molar-refractivity contribution in [1.29, 1.82) is 0 Å². The summed E-state index contributed by atoms with van der Waals surface area (Å²) < 4.78 is 4.79. The molecule has 0 aliphatic heterocycles. The molecule has 5 nitrogen and oxygen atoms in total. The van der Waals surface area contributed by atoms with Gasteiger partial charge < -0.3 is 9.13 Å². The van der Waals surface area contributed by atoms with Gasteiger partial charge in [0.25, 0.3) is 0 Å². The molecule has 0 N–H and O–H groups in total. The van der Waals surface area contributed by atoms with Gasteiger partial charge in [-0.25, -0.2) is 15.0 Å². The highest BCUT2D eigenvalue weighted by Gasteiger charge is 2.22. The maximum Gasteiger partial charge on any atom is 0.164 e. The molecule has 0 fully saturated rings. The van der Waals surface area contributed by atoms with Gasteiger partial charge >= 0.3 is 0 Å². The summed E-state index contributed by atoms with van der Waals surface area (Å²) in [5.41, 5.74) is 11.2. The molecule has 0 bridgehead atoms.